The Hall–Kier alpha value is -1.09. The zero-order chi connectivity index (χ0) is 14.1. The van der Waals surface area contributed by atoms with Gasteiger partial charge in [0, 0.05) is 17.8 Å². The first-order valence-corrected chi connectivity index (χ1v) is 7.44. The highest BCUT2D eigenvalue weighted by Crippen LogP contribution is 2.29. The van der Waals surface area contributed by atoms with E-state index in [-0.39, 0.29) is 0 Å². The molecule has 1 heterocycles. The second-order valence-electron chi connectivity index (χ2n) is 5.25. The summed E-state index contributed by atoms with van der Waals surface area (Å²) in [7, 11) is 1.72. The lowest BCUT2D eigenvalue weighted by atomic mass is 9.93. The summed E-state index contributed by atoms with van der Waals surface area (Å²) < 4.78 is 5.45. The zero-order valence-electron chi connectivity index (χ0n) is 12.8. The molecule has 3 heteroatoms. The fourth-order valence-corrected chi connectivity index (χ4v) is 2.50. The molecule has 1 rings (SSSR count). The van der Waals surface area contributed by atoms with Crippen LogP contribution >= 0.6 is 0 Å². The molecule has 0 radical (unpaired) electrons. The van der Waals surface area contributed by atoms with Crippen LogP contribution in [0.15, 0.2) is 18.5 Å². The fourth-order valence-electron chi connectivity index (χ4n) is 2.50. The maximum absolute atomic E-state index is 5.45. The highest BCUT2D eigenvalue weighted by Gasteiger charge is 2.18. The predicted molar refractivity (Wildman–Crippen MR) is 80.5 cm³/mol. The molecule has 0 aliphatic carbocycles. The summed E-state index contributed by atoms with van der Waals surface area (Å²) in [5.74, 6) is 1.61. The molecular formula is C16H28N2O. The van der Waals surface area contributed by atoms with Gasteiger partial charge in [-0.15, -0.1) is 0 Å². The van der Waals surface area contributed by atoms with Crippen molar-refractivity contribution in [3.05, 3.63) is 24.0 Å². The van der Waals surface area contributed by atoms with E-state index in [0.717, 1.165) is 31.1 Å². The van der Waals surface area contributed by atoms with Crippen molar-refractivity contribution in [2.45, 2.75) is 52.5 Å². The first-order valence-electron chi connectivity index (χ1n) is 7.44. The third-order valence-corrected chi connectivity index (χ3v) is 3.47. The lowest BCUT2D eigenvalue weighted by Crippen LogP contribution is -2.24. The molecule has 0 saturated heterocycles. The van der Waals surface area contributed by atoms with Gasteiger partial charge in [-0.05, 0) is 31.4 Å². The van der Waals surface area contributed by atoms with Gasteiger partial charge < -0.3 is 10.1 Å². The average molecular weight is 264 g/mol. The Bertz CT molecular complexity index is 354. The van der Waals surface area contributed by atoms with Crippen molar-refractivity contribution >= 4 is 0 Å². The van der Waals surface area contributed by atoms with Gasteiger partial charge in [0.2, 0.25) is 0 Å². The van der Waals surface area contributed by atoms with E-state index in [4.69, 9.17) is 4.74 Å². The van der Waals surface area contributed by atoms with E-state index in [1.807, 2.05) is 6.20 Å². The predicted octanol–water partition coefficient (Wildman–Crippen LogP) is 3.96. The van der Waals surface area contributed by atoms with Crippen LogP contribution in [0.2, 0.25) is 0 Å². The van der Waals surface area contributed by atoms with E-state index < -0.39 is 0 Å². The molecule has 0 fully saturated rings. The van der Waals surface area contributed by atoms with Crippen molar-refractivity contribution < 1.29 is 4.74 Å². The summed E-state index contributed by atoms with van der Waals surface area (Å²) in [6.07, 6.45) is 8.47. The van der Waals surface area contributed by atoms with Crippen molar-refractivity contribution in [1.82, 2.24) is 10.3 Å². The van der Waals surface area contributed by atoms with Crippen LogP contribution in [0, 0.1) is 5.92 Å². The van der Waals surface area contributed by atoms with Gasteiger partial charge in [-0.2, -0.15) is 0 Å². The van der Waals surface area contributed by atoms with Crippen LogP contribution in [0.3, 0.4) is 0 Å². The Morgan fingerprint density at radius 2 is 2.11 bits per heavy atom. The molecule has 2 atom stereocenters. The molecule has 108 valence electrons. The first-order chi connectivity index (χ1) is 9.22. The van der Waals surface area contributed by atoms with Gasteiger partial charge in [0.05, 0.1) is 13.3 Å². The van der Waals surface area contributed by atoms with E-state index in [0.29, 0.717) is 6.04 Å². The normalized spacial score (nSPS) is 14.1. The molecule has 19 heavy (non-hydrogen) atoms. The lowest BCUT2D eigenvalue weighted by molar-refractivity contribution is 0.364. The lowest BCUT2D eigenvalue weighted by Gasteiger charge is -2.24. The minimum atomic E-state index is 0.361. The Labute approximate surface area is 117 Å². The van der Waals surface area contributed by atoms with E-state index in [9.17, 15) is 0 Å². The number of rotatable bonds is 9. The third kappa shape index (κ3) is 5.19. The van der Waals surface area contributed by atoms with Gasteiger partial charge in [-0.3, -0.25) is 4.98 Å². The molecule has 0 aliphatic rings. The smallest absolute Gasteiger partial charge is 0.141 e. The van der Waals surface area contributed by atoms with Gasteiger partial charge in [0.15, 0.2) is 0 Å². The molecular weight excluding hydrogens is 236 g/mol. The molecule has 1 aromatic rings. The minimum absolute atomic E-state index is 0.361. The summed E-state index contributed by atoms with van der Waals surface area (Å²) in [6, 6.07) is 2.43. The SMILES string of the molecule is CCCNC(CC(C)CCC)c1ccncc1OC. The van der Waals surface area contributed by atoms with Crippen molar-refractivity contribution in [3.8, 4) is 5.75 Å². The van der Waals surface area contributed by atoms with E-state index in [2.05, 4.69) is 37.1 Å². The van der Waals surface area contributed by atoms with Crippen LogP contribution in [0.5, 0.6) is 5.75 Å². The van der Waals surface area contributed by atoms with Gasteiger partial charge in [-0.25, -0.2) is 0 Å². The maximum atomic E-state index is 5.45. The minimum Gasteiger partial charge on any atom is -0.495 e. The molecule has 0 spiro atoms. The quantitative estimate of drug-likeness (QED) is 0.733. The third-order valence-electron chi connectivity index (χ3n) is 3.47. The van der Waals surface area contributed by atoms with Crippen LogP contribution < -0.4 is 10.1 Å². The van der Waals surface area contributed by atoms with Gasteiger partial charge in [-0.1, -0.05) is 33.6 Å². The number of hydrogen-bond acceptors (Lipinski definition) is 3. The Balaban J connectivity index is 2.82. The number of nitrogens with one attached hydrogen (secondary N) is 1. The highest BCUT2D eigenvalue weighted by molar-refractivity contribution is 5.32. The zero-order valence-corrected chi connectivity index (χ0v) is 12.8. The van der Waals surface area contributed by atoms with E-state index in [1.54, 1.807) is 13.3 Å². The maximum Gasteiger partial charge on any atom is 0.141 e. The number of pyridine rings is 1. The van der Waals surface area contributed by atoms with E-state index >= 15 is 0 Å². The van der Waals surface area contributed by atoms with Gasteiger partial charge >= 0.3 is 0 Å². The second-order valence-corrected chi connectivity index (χ2v) is 5.25. The Morgan fingerprint density at radius 1 is 1.32 bits per heavy atom. The van der Waals surface area contributed by atoms with Gasteiger partial charge in [0.1, 0.15) is 5.75 Å². The summed E-state index contributed by atoms with van der Waals surface area (Å²) in [5, 5.41) is 3.64. The molecule has 0 amide bonds. The average Bonchev–Trinajstić information content (AvgIpc) is 2.43. The number of nitrogens with zero attached hydrogens (tertiary/aromatic N) is 1. The first kappa shape index (κ1) is 16.0. The van der Waals surface area contributed by atoms with Crippen LogP contribution in [0.1, 0.15) is 58.1 Å². The molecule has 0 aromatic carbocycles. The van der Waals surface area contributed by atoms with Crippen molar-refractivity contribution in [3.63, 3.8) is 0 Å². The molecule has 0 bridgehead atoms. The summed E-state index contributed by atoms with van der Waals surface area (Å²) in [6.45, 7) is 7.81. The largest absolute Gasteiger partial charge is 0.495 e. The van der Waals surface area contributed by atoms with Gasteiger partial charge in [0.25, 0.3) is 0 Å². The fraction of sp³-hybridized carbons (Fsp3) is 0.688. The van der Waals surface area contributed by atoms with Crippen molar-refractivity contribution in [1.29, 1.82) is 0 Å². The highest BCUT2D eigenvalue weighted by atomic mass is 16.5. The number of ether oxygens (including phenoxy) is 1. The van der Waals surface area contributed by atoms with E-state index in [1.165, 1.54) is 18.4 Å². The molecule has 0 saturated carbocycles. The monoisotopic (exact) mass is 264 g/mol. The molecule has 2 unspecified atom stereocenters. The molecule has 1 N–H and O–H groups in total. The second kappa shape index (κ2) is 8.92. The number of hydrogen-bond donors (Lipinski definition) is 1. The topological polar surface area (TPSA) is 34.2 Å². The van der Waals surface area contributed by atoms with Crippen LogP contribution in [0.4, 0.5) is 0 Å². The summed E-state index contributed by atoms with van der Waals surface area (Å²) >= 11 is 0. The molecule has 0 aliphatic heterocycles. The van der Waals surface area contributed by atoms with Crippen LogP contribution in [-0.4, -0.2) is 18.6 Å². The number of methoxy groups -OCH3 is 1. The Morgan fingerprint density at radius 3 is 2.74 bits per heavy atom. The summed E-state index contributed by atoms with van der Waals surface area (Å²) in [5.41, 5.74) is 1.23. The van der Waals surface area contributed by atoms with Crippen LogP contribution in [-0.2, 0) is 0 Å². The number of aromatic nitrogens is 1. The summed E-state index contributed by atoms with van der Waals surface area (Å²) in [4.78, 5) is 4.14. The molecule has 1 aromatic heterocycles. The standard InChI is InChI=1S/C16H28N2O/c1-5-7-13(3)11-15(18-9-6-2)14-8-10-17-12-16(14)19-4/h8,10,12-13,15,18H,5-7,9,11H2,1-4H3. The van der Waals surface area contributed by atoms with Crippen molar-refractivity contribution in [2.24, 2.45) is 5.92 Å². The van der Waals surface area contributed by atoms with Crippen molar-refractivity contribution in [2.75, 3.05) is 13.7 Å². The molecule has 3 nitrogen and oxygen atoms in total. The van der Waals surface area contributed by atoms with Crippen LogP contribution in [0.25, 0.3) is 0 Å². The Kier molecular flexibility index (Phi) is 7.49.